The molecule has 0 radical (unpaired) electrons. The van der Waals surface area contributed by atoms with E-state index in [0.717, 1.165) is 15.4 Å². The highest BCUT2D eigenvalue weighted by Crippen LogP contribution is 2.29. The van der Waals surface area contributed by atoms with Crippen molar-refractivity contribution in [1.82, 2.24) is 9.97 Å². The van der Waals surface area contributed by atoms with Crippen molar-refractivity contribution in [1.29, 1.82) is 0 Å². The molecule has 2 N–H and O–H groups in total. The lowest BCUT2D eigenvalue weighted by Gasteiger charge is -2.08. The Bertz CT molecular complexity index is 521. The van der Waals surface area contributed by atoms with Crippen molar-refractivity contribution in [2.75, 3.05) is 18.5 Å². The fraction of sp³-hybridized carbons (Fsp3) is 0.200. The van der Waals surface area contributed by atoms with Crippen molar-refractivity contribution >= 4 is 44.3 Å². The van der Waals surface area contributed by atoms with Crippen LogP contribution in [0.25, 0.3) is 10.9 Å². The van der Waals surface area contributed by atoms with Gasteiger partial charge < -0.3 is 10.4 Å². The van der Waals surface area contributed by atoms with E-state index >= 15 is 0 Å². The van der Waals surface area contributed by atoms with Gasteiger partial charge in [0.2, 0.25) is 5.28 Å². The Hall–Kier alpha value is -0.910. The second-order valence-electron chi connectivity index (χ2n) is 3.13. The zero-order chi connectivity index (χ0) is 11.5. The summed E-state index contributed by atoms with van der Waals surface area (Å²) < 4.78 is 0.891. The summed E-state index contributed by atoms with van der Waals surface area (Å²) in [6, 6.07) is 5.65. The standard InChI is InChI=1S/C10H9BrClN3O/c11-6-2-1-3-7-8(6)9(13-4-5-16)15-10(12)14-7/h1-3,16H,4-5H2,(H,13,14,15). The molecule has 1 aromatic heterocycles. The van der Waals surface area contributed by atoms with Crippen LogP contribution >= 0.6 is 27.5 Å². The SMILES string of the molecule is OCCNc1nc(Cl)nc2cccc(Br)c12. The maximum absolute atomic E-state index is 8.79. The molecule has 16 heavy (non-hydrogen) atoms. The van der Waals surface area contributed by atoms with Gasteiger partial charge in [-0.15, -0.1) is 0 Å². The summed E-state index contributed by atoms with van der Waals surface area (Å²) in [5.74, 6) is 0.622. The number of halogens is 2. The van der Waals surface area contributed by atoms with E-state index in [-0.39, 0.29) is 11.9 Å². The van der Waals surface area contributed by atoms with Crippen molar-refractivity contribution < 1.29 is 5.11 Å². The van der Waals surface area contributed by atoms with Crippen LogP contribution in [-0.2, 0) is 0 Å². The number of hydrogen-bond acceptors (Lipinski definition) is 4. The third-order valence-corrected chi connectivity index (χ3v) is 2.88. The number of anilines is 1. The molecule has 84 valence electrons. The number of aliphatic hydroxyl groups is 1. The molecule has 0 amide bonds. The highest BCUT2D eigenvalue weighted by Gasteiger charge is 2.08. The van der Waals surface area contributed by atoms with Crippen LogP contribution < -0.4 is 5.32 Å². The lowest BCUT2D eigenvalue weighted by atomic mass is 10.2. The van der Waals surface area contributed by atoms with E-state index in [2.05, 4.69) is 31.2 Å². The predicted molar refractivity (Wildman–Crippen MR) is 67.8 cm³/mol. The Labute approximate surface area is 106 Å². The number of aromatic nitrogens is 2. The molecule has 0 aliphatic heterocycles. The monoisotopic (exact) mass is 301 g/mol. The van der Waals surface area contributed by atoms with Gasteiger partial charge in [0.05, 0.1) is 17.5 Å². The Morgan fingerprint density at radius 1 is 1.38 bits per heavy atom. The summed E-state index contributed by atoms with van der Waals surface area (Å²) in [6.45, 7) is 0.456. The summed E-state index contributed by atoms with van der Waals surface area (Å²) in [5.41, 5.74) is 0.759. The van der Waals surface area contributed by atoms with E-state index in [4.69, 9.17) is 16.7 Å². The summed E-state index contributed by atoms with van der Waals surface area (Å²) in [4.78, 5) is 8.23. The van der Waals surface area contributed by atoms with E-state index < -0.39 is 0 Å². The molecule has 0 aliphatic rings. The van der Waals surface area contributed by atoms with Crippen molar-refractivity contribution in [2.45, 2.75) is 0 Å². The van der Waals surface area contributed by atoms with Crippen molar-refractivity contribution in [2.24, 2.45) is 0 Å². The number of nitrogens with one attached hydrogen (secondary N) is 1. The van der Waals surface area contributed by atoms with Crippen LogP contribution in [0.4, 0.5) is 5.82 Å². The topological polar surface area (TPSA) is 58.0 Å². The third kappa shape index (κ3) is 2.26. The van der Waals surface area contributed by atoms with Gasteiger partial charge >= 0.3 is 0 Å². The number of benzene rings is 1. The summed E-state index contributed by atoms with van der Waals surface area (Å²) >= 11 is 9.25. The molecule has 6 heteroatoms. The quantitative estimate of drug-likeness (QED) is 0.855. The van der Waals surface area contributed by atoms with E-state index in [0.29, 0.717) is 12.4 Å². The molecular weight excluding hydrogens is 293 g/mol. The highest BCUT2D eigenvalue weighted by atomic mass is 79.9. The van der Waals surface area contributed by atoms with Gasteiger partial charge in [-0.25, -0.2) is 9.97 Å². The predicted octanol–water partition coefficient (Wildman–Crippen LogP) is 2.45. The highest BCUT2D eigenvalue weighted by molar-refractivity contribution is 9.10. The zero-order valence-corrected chi connectivity index (χ0v) is 10.6. The van der Waals surface area contributed by atoms with Gasteiger partial charge in [-0.3, -0.25) is 0 Å². The van der Waals surface area contributed by atoms with E-state index in [1.165, 1.54) is 0 Å². The van der Waals surface area contributed by atoms with Gasteiger partial charge in [-0.05, 0) is 39.7 Å². The fourth-order valence-corrected chi connectivity index (χ4v) is 2.13. The average Bonchev–Trinajstić information content (AvgIpc) is 2.25. The number of fused-ring (bicyclic) bond motifs is 1. The smallest absolute Gasteiger partial charge is 0.224 e. The van der Waals surface area contributed by atoms with Crippen molar-refractivity contribution in [3.63, 3.8) is 0 Å². The van der Waals surface area contributed by atoms with Gasteiger partial charge in [-0.1, -0.05) is 6.07 Å². The van der Waals surface area contributed by atoms with E-state index in [9.17, 15) is 0 Å². The van der Waals surface area contributed by atoms with Crippen molar-refractivity contribution in [3.05, 3.63) is 28.0 Å². The lowest BCUT2D eigenvalue weighted by molar-refractivity contribution is 0.311. The third-order valence-electron chi connectivity index (χ3n) is 2.05. The Kier molecular flexibility index (Phi) is 3.58. The molecule has 0 unspecified atom stereocenters. The van der Waals surface area contributed by atoms with Crippen LogP contribution in [0.5, 0.6) is 0 Å². The molecule has 2 aromatic rings. The lowest BCUT2D eigenvalue weighted by Crippen LogP contribution is -2.08. The summed E-state index contributed by atoms with van der Waals surface area (Å²) in [5, 5.41) is 12.8. The maximum Gasteiger partial charge on any atom is 0.224 e. The largest absolute Gasteiger partial charge is 0.395 e. The first-order valence-corrected chi connectivity index (χ1v) is 5.86. The van der Waals surface area contributed by atoms with Crippen LogP contribution in [0, 0.1) is 0 Å². The molecule has 4 nitrogen and oxygen atoms in total. The molecule has 0 atom stereocenters. The van der Waals surface area contributed by atoms with Crippen LogP contribution in [0.2, 0.25) is 5.28 Å². The maximum atomic E-state index is 8.79. The minimum absolute atomic E-state index is 0.0353. The molecule has 0 fully saturated rings. The summed E-state index contributed by atoms with van der Waals surface area (Å²) in [6.07, 6.45) is 0. The zero-order valence-electron chi connectivity index (χ0n) is 8.24. The molecule has 0 saturated heterocycles. The number of hydrogen-bond donors (Lipinski definition) is 2. The van der Waals surface area contributed by atoms with Crippen LogP contribution in [0.3, 0.4) is 0 Å². The Balaban J connectivity index is 2.60. The minimum atomic E-state index is 0.0353. The Morgan fingerprint density at radius 2 is 2.19 bits per heavy atom. The molecular formula is C10H9BrClN3O. The van der Waals surface area contributed by atoms with Gasteiger partial charge in [-0.2, -0.15) is 0 Å². The normalized spacial score (nSPS) is 10.7. The molecule has 1 heterocycles. The van der Waals surface area contributed by atoms with Gasteiger partial charge in [0.25, 0.3) is 0 Å². The molecule has 2 rings (SSSR count). The first-order chi connectivity index (χ1) is 7.72. The van der Waals surface area contributed by atoms with Gasteiger partial charge in [0.15, 0.2) is 0 Å². The van der Waals surface area contributed by atoms with Crippen LogP contribution in [0.1, 0.15) is 0 Å². The van der Waals surface area contributed by atoms with Crippen LogP contribution in [-0.4, -0.2) is 28.2 Å². The average molecular weight is 303 g/mol. The molecule has 0 saturated carbocycles. The fourth-order valence-electron chi connectivity index (χ4n) is 1.42. The second kappa shape index (κ2) is 4.95. The van der Waals surface area contributed by atoms with E-state index in [1.807, 2.05) is 18.2 Å². The molecule has 0 bridgehead atoms. The number of rotatable bonds is 3. The molecule has 0 aliphatic carbocycles. The molecule has 1 aromatic carbocycles. The van der Waals surface area contributed by atoms with Crippen molar-refractivity contribution in [3.8, 4) is 0 Å². The number of nitrogens with zero attached hydrogens (tertiary/aromatic N) is 2. The molecule has 0 spiro atoms. The van der Waals surface area contributed by atoms with Crippen LogP contribution in [0.15, 0.2) is 22.7 Å². The number of aliphatic hydroxyl groups excluding tert-OH is 1. The van der Waals surface area contributed by atoms with Gasteiger partial charge in [0, 0.05) is 11.0 Å². The Morgan fingerprint density at radius 3 is 2.94 bits per heavy atom. The van der Waals surface area contributed by atoms with Gasteiger partial charge in [0.1, 0.15) is 5.82 Å². The first-order valence-electron chi connectivity index (χ1n) is 4.69. The summed E-state index contributed by atoms with van der Waals surface area (Å²) in [7, 11) is 0. The van der Waals surface area contributed by atoms with E-state index in [1.54, 1.807) is 0 Å². The first kappa shape index (κ1) is 11.6. The second-order valence-corrected chi connectivity index (χ2v) is 4.32. The minimum Gasteiger partial charge on any atom is -0.395 e.